The van der Waals surface area contributed by atoms with Crippen LogP contribution in [0.15, 0.2) is 134 Å². The van der Waals surface area contributed by atoms with E-state index in [0.29, 0.717) is 5.78 Å². The SMILES string of the molecule is CC/C=C/C=C/C=C/C=C/C=C/C=C/C=C/C=C/C=C/C=C/C=C/[C@H]([C@@H](O)CCCCCCCCCCCCCCCC[C@H]1C[C@@H]1[C@H](C)CCCCCCCCCCCCCCCCCCC(=O)C(C)CCCCCCCCCCCCCCCCCC)C(C)(C)C. The zero-order valence-electron chi connectivity index (χ0n) is 62.5. The Labute approximate surface area is 576 Å². The van der Waals surface area contributed by atoms with Crippen molar-refractivity contribution < 1.29 is 9.90 Å². The first-order valence-corrected chi connectivity index (χ1v) is 40.7. The highest BCUT2D eigenvalue weighted by atomic mass is 16.3. The standard InChI is InChI=1S/C90H156O2/c1-8-10-12-14-16-18-20-22-24-26-27-28-29-30-31-36-43-49-55-61-67-73-79-87(90(5,6)7)89(92)81-75-69-63-57-51-45-39-38-42-48-54-60-66-72-78-85-82-86(85)83(3)76-70-64-58-52-46-40-35-32-33-37-44-50-56-62-68-74-80-88(91)84(4)77-71-65-59-53-47-41-34-25-23-21-19-17-15-13-11-9-2/h10,12,14,16,18,20,22,24,26-31,36,43,49,55,61,67,73,79,83-87,89,92H,8-9,11,13,15,17,19,21,23,25,32-35,37-42,44-48,50-54,56-60,62-66,68-72,74-78,80-82H2,1-7H3/b12-10+,16-14+,20-18+,24-22+,27-26+,29-28+,31-30+,43-36+,55-49+,67-61+,79-73+/t83-,84?,85+,86-,87-,89+/m1/s1. The molecule has 6 atom stereocenters. The summed E-state index contributed by atoms with van der Waals surface area (Å²) in [6.07, 6.45) is 118. The summed E-state index contributed by atoms with van der Waals surface area (Å²) < 4.78 is 0. The number of allylic oxidation sites excluding steroid dienone is 21. The molecule has 528 valence electrons. The molecule has 0 saturated heterocycles. The molecule has 1 rings (SSSR count). The largest absolute Gasteiger partial charge is 0.392 e. The molecular weight excluding hydrogens is 1110 g/mol. The Balaban J connectivity index is 1.87. The van der Waals surface area contributed by atoms with E-state index in [0.717, 1.165) is 56.3 Å². The maximum Gasteiger partial charge on any atom is 0.135 e. The molecule has 1 saturated carbocycles. The van der Waals surface area contributed by atoms with Crippen LogP contribution in [0, 0.1) is 35.0 Å². The minimum absolute atomic E-state index is 0.0220. The molecule has 0 heterocycles. The molecular formula is C90H156O2. The number of aliphatic hydroxyl groups excluding tert-OH is 1. The minimum atomic E-state index is -0.296. The summed E-state index contributed by atoms with van der Waals surface area (Å²) in [5.41, 5.74) is 0.0220. The molecule has 0 amide bonds. The van der Waals surface area contributed by atoms with Gasteiger partial charge in [0, 0.05) is 18.3 Å². The highest BCUT2D eigenvalue weighted by Crippen LogP contribution is 2.49. The Kier molecular flexibility index (Phi) is 63.9. The van der Waals surface area contributed by atoms with E-state index in [1.54, 1.807) is 0 Å². The van der Waals surface area contributed by atoms with Crippen molar-refractivity contribution in [2.75, 3.05) is 0 Å². The molecule has 0 bridgehead atoms. The van der Waals surface area contributed by atoms with Gasteiger partial charge in [-0.25, -0.2) is 0 Å². The number of Topliss-reactive ketones (excluding diaryl/α,β-unsaturated/α-hetero) is 1. The first kappa shape index (κ1) is 86.8. The highest BCUT2D eigenvalue weighted by molar-refractivity contribution is 5.80. The Morgan fingerprint density at radius 3 is 0.978 bits per heavy atom. The van der Waals surface area contributed by atoms with Gasteiger partial charge < -0.3 is 5.11 Å². The van der Waals surface area contributed by atoms with E-state index in [9.17, 15) is 9.90 Å². The summed E-state index contributed by atoms with van der Waals surface area (Å²) in [4.78, 5) is 12.7. The summed E-state index contributed by atoms with van der Waals surface area (Å²) in [7, 11) is 0. The molecule has 0 aliphatic heterocycles. The predicted octanol–water partition coefficient (Wildman–Crippen LogP) is 29.9. The van der Waals surface area contributed by atoms with Gasteiger partial charge in [-0.1, -0.05) is 484 Å². The molecule has 0 spiro atoms. The molecule has 0 aromatic rings. The van der Waals surface area contributed by atoms with Crippen LogP contribution in [0.2, 0.25) is 0 Å². The van der Waals surface area contributed by atoms with Crippen molar-refractivity contribution in [1.82, 2.24) is 0 Å². The van der Waals surface area contributed by atoms with Gasteiger partial charge >= 0.3 is 0 Å². The van der Waals surface area contributed by atoms with Crippen molar-refractivity contribution in [3.05, 3.63) is 134 Å². The molecule has 0 aromatic carbocycles. The van der Waals surface area contributed by atoms with E-state index in [-0.39, 0.29) is 23.4 Å². The lowest BCUT2D eigenvalue weighted by atomic mass is 9.76. The van der Waals surface area contributed by atoms with E-state index in [4.69, 9.17) is 0 Å². The minimum Gasteiger partial charge on any atom is -0.392 e. The van der Waals surface area contributed by atoms with Crippen molar-refractivity contribution in [1.29, 1.82) is 0 Å². The van der Waals surface area contributed by atoms with Gasteiger partial charge in [0.25, 0.3) is 0 Å². The number of ketones is 1. The molecule has 1 unspecified atom stereocenters. The zero-order valence-corrected chi connectivity index (χ0v) is 62.5. The van der Waals surface area contributed by atoms with Gasteiger partial charge in [-0.15, -0.1) is 0 Å². The van der Waals surface area contributed by atoms with Crippen molar-refractivity contribution in [2.45, 2.75) is 395 Å². The third-order valence-corrected chi connectivity index (χ3v) is 20.1. The Morgan fingerprint density at radius 1 is 0.359 bits per heavy atom. The van der Waals surface area contributed by atoms with Crippen LogP contribution >= 0.6 is 0 Å². The molecule has 1 aliphatic carbocycles. The lowest BCUT2D eigenvalue weighted by molar-refractivity contribution is -0.122. The van der Waals surface area contributed by atoms with E-state index < -0.39 is 0 Å². The molecule has 1 fully saturated rings. The van der Waals surface area contributed by atoms with Crippen LogP contribution in [0.3, 0.4) is 0 Å². The topological polar surface area (TPSA) is 37.3 Å². The molecule has 1 N–H and O–H groups in total. The number of carbonyl (C=O) groups is 1. The zero-order chi connectivity index (χ0) is 66.6. The normalized spacial score (nSPS) is 16.6. The van der Waals surface area contributed by atoms with Crippen LogP contribution < -0.4 is 0 Å². The second-order valence-corrected chi connectivity index (χ2v) is 30.0. The number of aliphatic hydroxyl groups is 1. The number of rotatable bonds is 68. The van der Waals surface area contributed by atoms with Crippen molar-refractivity contribution in [3.63, 3.8) is 0 Å². The molecule has 2 heteroatoms. The van der Waals surface area contributed by atoms with Crippen LogP contribution in [0.1, 0.15) is 389 Å². The van der Waals surface area contributed by atoms with Crippen molar-refractivity contribution in [3.8, 4) is 0 Å². The van der Waals surface area contributed by atoms with Crippen LogP contribution in [-0.4, -0.2) is 17.0 Å². The summed E-state index contributed by atoms with van der Waals surface area (Å²) in [6.45, 7) is 15.9. The van der Waals surface area contributed by atoms with E-state index in [1.165, 1.54) is 302 Å². The molecule has 0 aromatic heterocycles. The van der Waals surface area contributed by atoms with Crippen LogP contribution in [0.5, 0.6) is 0 Å². The number of unbranched alkanes of at least 4 members (excludes halogenated alkanes) is 43. The van der Waals surface area contributed by atoms with E-state index in [1.807, 2.05) is 97.2 Å². The van der Waals surface area contributed by atoms with Crippen molar-refractivity contribution >= 4 is 5.78 Å². The average Bonchev–Trinajstić information content (AvgIpc) is 1.70. The summed E-state index contributed by atoms with van der Waals surface area (Å²) in [5.74, 6) is 4.03. The smallest absolute Gasteiger partial charge is 0.135 e. The summed E-state index contributed by atoms with van der Waals surface area (Å²) in [5, 5.41) is 11.2. The first-order chi connectivity index (χ1) is 45.1. The van der Waals surface area contributed by atoms with Gasteiger partial charge in [0.2, 0.25) is 0 Å². The van der Waals surface area contributed by atoms with Gasteiger partial charge in [-0.3, -0.25) is 4.79 Å². The fourth-order valence-corrected chi connectivity index (χ4v) is 13.8. The van der Waals surface area contributed by atoms with Crippen LogP contribution in [-0.2, 0) is 4.79 Å². The lowest BCUT2D eigenvalue weighted by Gasteiger charge is -2.32. The molecule has 2 nitrogen and oxygen atoms in total. The second-order valence-electron chi connectivity index (χ2n) is 30.0. The summed E-state index contributed by atoms with van der Waals surface area (Å²) in [6, 6.07) is 0. The van der Waals surface area contributed by atoms with E-state index >= 15 is 0 Å². The van der Waals surface area contributed by atoms with Gasteiger partial charge in [-0.05, 0) is 55.3 Å². The maximum atomic E-state index is 12.7. The molecule has 92 heavy (non-hydrogen) atoms. The quantitative estimate of drug-likeness (QED) is 0.0487. The Hall–Kier alpha value is -3.23. The predicted molar refractivity (Wildman–Crippen MR) is 416 cm³/mol. The van der Waals surface area contributed by atoms with Crippen LogP contribution in [0.25, 0.3) is 0 Å². The third kappa shape index (κ3) is 60.4. The van der Waals surface area contributed by atoms with E-state index in [2.05, 4.69) is 84.9 Å². The highest BCUT2D eigenvalue weighted by Gasteiger charge is 2.39. The Morgan fingerprint density at radius 2 is 0.641 bits per heavy atom. The first-order valence-electron chi connectivity index (χ1n) is 40.7. The fraction of sp³-hybridized carbons (Fsp3) is 0.744. The molecule has 1 aliphatic rings. The number of hydrogen-bond acceptors (Lipinski definition) is 2. The second kappa shape index (κ2) is 67.7. The number of hydrogen-bond donors (Lipinski definition) is 1. The third-order valence-electron chi connectivity index (χ3n) is 20.1. The van der Waals surface area contributed by atoms with Gasteiger partial charge in [-0.2, -0.15) is 0 Å². The monoisotopic (exact) mass is 1270 g/mol. The van der Waals surface area contributed by atoms with Gasteiger partial charge in [0.1, 0.15) is 5.78 Å². The number of carbonyl (C=O) groups excluding carboxylic acids is 1. The lowest BCUT2D eigenvalue weighted by Crippen LogP contribution is -2.30. The summed E-state index contributed by atoms with van der Waals surface area (Å²) >= 11 is 0. The average molecular weight is 1270 g/mol. The van der Waals surface area contributed by atoms with Crippen molar-refractivity contribution in [2.24, 2.45) is 35.0 Å². The molecule has 0 radical (unpaired) electrons. The van der Waals surface area contributed by atoms with Gasteiger partial charge in [0.05, 0.1) is 6.10 Å². The maximum absolute atomic E-state index is 12.7. The Bertz CT molecular complexity index is 1920. The van der Waals surface area contributed by atoms with Crippen LogP contribution in [0.4, 0.5) is 0 Å². The fourth-order valence-electron chi connectivity index (χ4n) is 13.8. The van der Waals surface area contributed by atoms with Gasteiger partial charge in [0.15, 0.2) is 0 Å².